The third kappa shape index (κ3) is 3.48. The molecule has 0 aliphatic heterocycles. The van der Waals surface area contributed by atoms with Crippen molar-refractivity contribution in [2.24, 2.45) is 17.8 Å². The standard InChI is InChI=1S/C15H31N/c1-6-14(7-2)13(5)16-15-11(3)9-8-10-12(15)4/h11-16H,6-10H2,1-5H3. The Morgan fingerprint density at radius 3 is 2.00 bits per heavy atom. The molecule has 0 aromatic heterocycles. The van der Waals surface area contributed by atoms with Crippen molar-refractivity contribution in [3.63, 3.8) is 0 Å². The van der Waals surface area contributed by atoms with E-state index >= 15 is 0 Å². The molecule has 0 spiro atoms. The van der Waals surface area contributed by atoms with Crippen molar-refractivity contribution in [3.8, 4) is 0 Å². The Labute approximate surface area is 102 Å². The van der Waals surface area contributed by atoms with Gasteiger partial charge in [0, 0.05) is 12.1 Å². The van der Waals surface area contributed by atoms with Gasteiger partial charge in [0.2, 0.25) is 0 Å². The second-order valence-corrected chi connectivity index (χ2v) is 5.94. The summed E-state index contributed by atoms with van der Waals surface area (Å²) in [6, 6.07) is 1.44. The van der Waals surface area contributed by atoms with E-state index in [9.17, 15) is 0 Å². The highest BCUT2D eigenvalue weighted by atomic mass is 15.0. The first-order valence-electron chi connectivity index (χ1n) is 7.36. The molecule has 0 heterocycles. The van der Waals surface area contributed by atoms with Gasteiger partial charge in [-0.2, -0.15) is 0 Å². The van der Waals surface area contributed by atoms with Gasteiger partial charge in [0.1, 0.15) is 0 Å². The molecule has 0 radical (unpaired) electrons. The molecule has 1 N–H and O–H groups in total. The average Bonchev–Trinajstić information content (AvgIpc) is 2.25. The maximum absolute atomic E-state index is 3.92. The van der Waals surface area contributed by atoms with E-state index in [1.54, 1.807) is 0 Å². The molecule has 0 bridgehead atoms. The Morgan fingerprint density at radius 1 is 1.06 bits per heavy atom. The van der Waals surface area contributed by atoms with Crippen LogP contribution in [0.3, 0.4) is 0 Å². The fourth-order valence-corrected chi connectivity index (χ4v) is 3.45. The van der Waals surface area contributed by atoms with E-state index in [4.69, 9.17) is 0 Å². The van der Waals surface area contributed by atoms with Gasteiger partial charge in [-0.15, -0.1) is 0 Å². The zero-order valence-corrected chi connectivity index (χ0v) is 11.9. The Morgan fingerprint density at radius 2 is 1.56 bits per heavy atom. The molecule has 1 nitrogen and oxygen atoms in total. The molecule has 0 saturated heterocycles. The predicted octanol–water partition coefficient (Wildman–Crippen LogP) is 4.23. The third-order valence-electron chi connectivity index (χ3n) is 4.76. The molecule has 0 aromatic carbocycles. The van der Waals surface area contributed by atoms with Gasteiger partial charge < -0.3 is 5.32 Å². The van der Waals surface area contributed by atoms with Crippen LogP contribution in [0.15, 0.2) is 0 Å². The topological polar surface area (TPSA) is 12.0 Å². The molecule has 3 unspecified atom stereocenters. The summed E-state index contributed by atoms with van der Waals surface area (Å²) in [4.78, 5) is 0. The van der Waals surface area contributed by atoms with Crippen molar-refractivity contribution < 1.29 is 0 Å². The van der Waals surface area contributed by atoms with E-state index < -0.39 is 0 Å². The summed E-state index contributed by atoms with van der Waals surface area (Å²) in [5, 5.41) is 3.92. The molecule has 96 valence electrons. The molecule has 0 aromatic rings. The molecular weight excluding hydrogens is 194 g/mol. The summed E-state index contributed by atoms with van der Waals surface area (Å²) in [6.45, 7) is 11.9. The van der Waals surface area contributed by atoms with Crippen molar-refractivity contribution in [2.75, 3.05) is 0 Å². The number of hydrogen-bond donors (Lipinski definition) is 1. The molecule has 16 heavy (non-hydrogen) atoms. The first-order chi connectivity index (χ1) is 7.60. The van der Waals surface area contributed by atoms with Gasteiger partial charge >= 0.3 is 0 Å². The Kier molecular flexibility index (Phi) is 5.82. The van der Waals surface area contributed by atoms with Crippen LogP contribution in [0, 0.1) is 17.8 Å². The fourth-order valence-electron chi connectivity index (χ4n) is 3.45. The lowest BCUT2D eigenvalue weighted by Gasteiger charge is -2.39. The van der Waals surface area contributed by atoms with Gasteiger partial charge in [0.15, 0.2) is 0 Å². The van der Waals surface area contributed by atoms with Crippen LogP contribution in [0.4, 0.5) is 0 Å². The molecule has 1 heteroatoms. The van der Waals surface area contributed by atoms with E-state index in [1.807, 2.05) is 0 Å². The van der Waals surface area contributed by atoms with Gasteiger partial charge in [-0.3, -0.25) is 0 Å². The smallest absolute Gasteiger partial charge is 0.0121 e. The molecule has 1 aliphatic carbocycles. The van der Waals surface area contributed by atoms with Crippen LogP contribution < -0.4 is 5.32 Å². The van der Waals surface area contributed by atoms with E-state index in [1.165, 1.54) is 32.1 Å². The van der Waals surface area contributed by atoms with E-state index in [0.717, 1.165) is 23.8 Å². The number of rotatable bonds is 5. The first-order valence-corrected chi connectivity index (χ1v) is 7.36. The number of hydrogen-bond acceptors (Lipinski definition) is 1. The molecule has 1 saturated carbocycles. The lowest BCUT2D eigenvalue weighted by Crippen LogP contribution is -2.48. The third-order valence-corrected chi connectivity index (χ3v) is 4.76. The molecule has 1 aliphatic rings. The maximum Gasteiger partial charge on any atom is 0.0121 e. The fraction of sp³-hybridized carbons (Fsp3) is 1.00. The minimum Gasteiger partial charge on any atom is -0.311 e. The highest BCUT2D eigenvalue weighted by Gasteiger charge is 2.29. The minimum atomic E-state index is 0.683. The summed E-state index contributed by atoms with van der Waals surface area (Å²) in [5.74, 6) is 2.57. The summed E-state index contributed by atoms with van der Waals surface area (Å²) in [5.41, 5.74) is 0. The van der Waals surface area contributed by atoms with Crippen LogP contribution in [-0.2, 0) is 0 Å². The quantitative estimate of drug-likeness (QED) is 0.738. The van der Waals surface area contributed by atoms with Crippen LogP contribution in [0.2, 0.25) is 0 Å². The molecular formula is C15H31N. The largest absolute Gasteiger partial charge is 0.311 e. The number of nitrogens with one attached hydrogen (secondary N) is 1. The zero-order valence-electron chi connectivity index (χ0n) is 11.9. The van der Waals surface area contributed by atoms with Gasteiger partial charge in [-0.25, -0.2) is 0 Å². The Bertz CT molecular complexity index is 176. The molecule has 1 rings (SSSR count). The first kappa shape index (κ1) is 14.0. The molecule has 1 fully saturated rings. The second kappa shape index (κ2) is 6.64. The van der Waals surface area contributed by atoms with Crippen molar-refractivity contribution in [1.82, 2.24) is 5.32 Å². The summed E-state index contributed by atoms with van der Waals surface area (Å²) < 4.78 is 0. The zero-order chi connectivity index (χ0) is 12.1. The average molecular weight is 225 g/mol. The van der Waals surface area contributed by atoms with Crippen molar-refractivity contribution in [1.29, 1.82) is 0 Å². The summed E-state index contributed by atoms with van der Waals surface area (Å²) >= 11 is 0. The lowest BCUT2D eigenvalue weighted by atomic mass is 9.78. The van der Waals surface area contributed by atoms with Gasteiger partial charge in [0.05, 0.1) is 0 Å². The van der Waals surface area contributed by atoms with Crippen LogP contribution in [0.25, 0.3) is 0 Å². The van der Waals surface area contributed by atoms with E-state index in [0.29, 0.717) is 6.04 Å². The van der Waals surface area contributed by atoms with Crippen LogP contribution in [-0.4, -0.2) is 12.1 Å². The van der Waals surface area contributed by atoms with Crippen LogP contribution in [0.1, 0.15) is 66.7 Å². The molecule has 0 amide bonds. The molecule has 3 atom stereocenters. The Balaban J connectivity index is 2.50. The summed E-state index contributed by atoms with van der Waals surface area (Å²) in [7, 11) is 0. The van der Waals surface area contributed by atoms with E-state index in [-0.39, 0.29) is 0 Å². The summed E-state index contributed by atoms with van der Waals surface area (Å²) in [6.07, 6.45) is 6.87. The second-order valence-electron chi connectivity index (χ2n) is 5.94. The Hall–Kier alpha value is -0.0400. The van der Waals surface area contributed by atoms with Gasteiger partial charge in [0.25, 0.3) is 0 Å². The highest BCUT2D eigenvalue weighted by molar-refractivity contribution is 4.86. The predicted molar refractivity (Wildman–Crippen MR) is 72.6 cm³/mol. The van der Waals surface area contributed by atoms with Crippen molar-refractivity contribution in [3.05, 3.63) is 0 Å². The maximum atomic E-state index is 3.92. The SMILES string of the molecule is CCC(CC)C(C)NC1C(C)CCCC1C. The normalized spacial score (nSPS) is 33.0. The van der Waals surface area contributed by atoms with Crippen molar-refractivity contribution >= 4 is 0 Å². The van der Waals surface area contributed by atoms with Crippen LogP contribution >= 0.6 is 0 Å². The van der Waals surface area contributed by atoms with Crippen LogP contribution in [0.5, 0.6) is 0 Å². The minimum absolute atomic E-state index is 0.683. The highest BCUT2D eigenvalue weighted by Crippen LogP contribution is 2.30. The van der Waals surface area contributed by atoms with Crippen molar-refractivity contribution in [2.45, 2.75) is 78.8 Å². The van der Waals surface area contributed by atoms with E-state index in [2.05, 4.69) is 39.9 Å². The lowest BCUT2D eigenvalue weighted by molar-refractivity contribution is 0.176. The van der Waals surface area contributed by atoms with Gasteiger partial charge in [-0.1, -0.05) is 47.0 Å². The monoisotopic (exact) mass is 225 g/mol. The van der Waals surface area contributed by atoms with Gasteiger partial charge in [-0.05, 0) is 37.5 Å².